The molecule has 1 aromatic heterocycles. The average Bonchev–Trinajstić information content (AvgIpc) is 3.09. The summed E-state index contributed by atoms with van der Waals surface area (Å²) in [6, 6.07) is 14.5. The Hall–Kier alpha value is -3.75. The molecule has 29 heavy (non-hydrogen) atoms. The van der Waals surface area contributed by atoms with E-state index in [9.17, 15) is 18.4 Å². The lowest BCUT2D eigenvalue weighted by molar-refractivity contribution is -0.119. The maximum atomic E-state index is 12.5. The van der Waals surface area contributed by atoms with Crippen LogP contribution < -0.4 is 10.1 Å². The third-order valence-corrected chi connectivity index (χ3v) is 3.83. The number of alkyl halides is 2. The van der Waals surface area contributed by atoms with Gasteiger partial charge in [0.2, 0.25) is 0 Å². The van der Waals surface area contributed by atoms with E-state index in [-0.39, 0.29) is 22.8 Å². The van der Waals surface area contributed by atoms with Crippen molar-refractivity contribution < 1.29 is 32.4 Å². The lowest BCUT2D eigenvalue weighted by atomic mass is 10.1. The van der Waals surface area contributed by atoms with Crippen LogP contribution >= 0.6 is 0 Å². The van der Waals surface area contributed by atoms with Crippen molar-refractivity contribution in [2.45, 2.75) is 13.5 Å². The zero-order valence-corrected chi connectivity index (χ0v) is 15.2. The lowest BCUT2D eigenvalue weighted by Crippen LogP contribution is -2.22. The molecule has 150 valence electrons. The van der Waals surface area contributed by atoms with E-state index in [1.165, 1.54) is 24.3 Å². The molecule has 3 aromatic rings. The minimum Gasteiger partial charge on any atom is -0.452 e. The predicted molar refractivity (Wildman–Crippen MR) is 98.7 cm³/mol. The first-order chi connectivity index (χ1) is 14.0. The number of hydrogen-bond acceptors (Lipinski definition) is 6. The molecule has 0 spiro atoms. The molecule has 0 radical (unpaired) electrons. The number of nitrogens with zero attached hydrogens (tertiary/aromatic N) is 1. The Labute approximate surface area is 164 Å². The number of halogens is 2. The van der Waals surface area contributed by atoms with Crippen molar-refractivity contribution in [3.05, 3.63) is 65.9 Å². The van der Waals surface area contributed by atoms with Crippen molar-refractivity contribution >= 4 is 17.6 Å². The highest BCUT2D eigenvalue weighted by molar-refractivity contribution is 5.99. The minimum absolute atomic E-state index is 0.0278. The largest absolute Gasteiger partial charge is 0.452 e. The molecule has 1 N–H and O–H groups in total. The fraction of sp³-hybridized carbons (Fsp3) is 0.150. The van der Waals surface area contributed by atoms with Gasteiger partial charge < -0.3 is 19.3 Å². The zero-order chi connectivity index (χ0) is 20.8. The van der Waals surface area contributed by atoms with Crippen LogP contribution in [0, 0.1) is 6.92 Å². The Balaban J connectivity index is 1.67. The second kappa shape index (κ2) is 8.96. The fourth-order valence-electron chi connectivity index (χ4n) is 2.56. The maximum Gasteiger partial charge on any atom is 0.387 e. The third-order valence-electron chi connectivity index (χ3n) is 3.83. The number of amides is 1. The van der Waals surface area contributed by atoms with Crippen LogP contribution in [0.3, 0.4) is 0 Å². The summed E-state index contributed by atoms with van der Waals surface area (Å²) in [4.78, 5) is 24.6. The Morgan fingerprint density at radius 3 is 2.52 bits per heavy atom. The normalized spacial score (nSPS) is 10.6. The topological polar surface area (TPSA) is 90.7 Å². The summed E-state index contributed by atoms with van der Waals surface area (Å²) in [5.41, 5.74) is 1.08. The number of hydrogen-bond donors (Lipinski definition) is 1. The van der Waals surface area contributed by atoms with E-state index in [1.807, 2.05) is 6.07 Å². The van der Waals surface area contributed by atoms with Gasteiger partial charge in [-0.25, -0.2) is 4.79 Å². The van der Waals surface area contributed by atoms with Crippen LogP contribution in [0.25, 0.3) is 11.3 Å². The number of aryl methyl sites for hydroxylation is 1. The van der Waals surface area contributed by atoms with Crippen LogP contribution in [-0.4, -0.2) is 30.3 Å². The predicted octanol–water partition coefficient (Wildman–Crippen LogP) is 4.05. The van der Waals surface area contributed by atoms with E-state index in [0.29, 0.717) is 11.3 Å². The summed E-state index contributed by atoms with van der Waals surface area (Å²) in [6.07, 6.45) is 0. The number of ether oxygens (including phenoxy) is 2. The smallest absolute Gasteiger partial charge is 0.387 e. The van der Waals surface area contributed by atoms with Crippen LogP contribution in [0.15, 0.2) is 59.1 Å². The van der Waals surface area contributed by atoms with E-state index in [0.717, 1.165) is 0 Å². The molecule has 1 heterocycles. The van der Waals surface area contributed by atoms with E-state index < -0.39 is 25.1 Å². The Kier molecular flexibility index (Phi) is 6.18. The highest BCUT2D eigenvalue weighted by Gasteiger charge is 2.23. The van der Waals surface area contributed by atoms with E-state index in [2.05, 4.69) is 15.2 Å². The van der Waals surface area contributed by atoms with Gasteiger partial charge in [-0.2, -0.15) is 8.78 Å². The van der Waals surface area contributed by atoms with Crippen LogP contribution in [0.1, 0.15) is 16.1 Å². The number of carbonyl (C=O) groups is 2. The van der Waals surface area contributed by atoms with Gasteiger partial charge in [-0.1, -0.05) is 47.6 Å². The first kappa shape index (κ1) is 20.0. The molecule has 0 fully saturated rings. The third kappa shape index (κ3) is 4.95. The molecular weight excluding hydrogens is 386 g/mol. The molecule has 0 aliphatic heterocycles. The first-order valence-corrected chi connectivity index (χ1v) is 8.48. The molecule has 0 saturated carbocycles. The number of anilines is 1. The molecule has 7 nitrogen and oxygen atoms in total. The average molecular weight is 402 g/mol. The van der Waals surface area contributed by atoms with Gasteiger partial charge in [-0.15, -0.1) is 0 Å². The monoisotopic (exact) mass is 402 g/mol. The summed E-state index contributed by atoms with van der Waals surface area (Å²) in [5.74, 6) is -1.48. The molecule has 0 aliphatic carbocycles. The molecule has 2 aromatic carbocycles. The molecule has 0 saturated heterocycles. The summed E-state index contributed by atoms with van der Waals surface area (Å²) < 4.78 is 39.4. The lowest BCUT2D eigenvalue weighted by Gasteiger charge is -2.11. The Morgan fingerprint density at radius 1 is 1.10 bits per heavy atom. The molecule has 0 bridgehead atoms. The summed E-state index contributed by atoms with van der Waals surface area (Å²) in [7, 11) is 0. The summed E-state index contributed by atoms with van der Waals surface area (Å²) in [5, 5.41) is 6.24. The van der Waals surface area contributed by atoms with Crippen molar-refractivity contribution in [2.24, 2.45) is 0 Å². The highest BCUT2D eigenvalue weighted by Crippen LogP contribution is 2.27. The van der Waals surface area contributed by atoms with Crippen molar-refractivity contribution in [1.82, 2.24) is 5.16 Å². The summed E-state index contributed by atoms with van der Waals surface area (Å²) in [6.45, 7) is -2.13. The second-order valence-corrected chi connectivity index (χ2v) is 5.83. The number of para-hydroxylation sites is 2. The van der Waals surface area contributed by atoms with E-state index in [1.54, 1.807) is 31.2 Å². The number of nitrogens with one attached hydrogen (secondary N) is 1. The highest BCUT2D eigenvalue weighted by atomic mass is 19.3. The van der Waals surface area contributed by atoms with Crippen molar-refractivity contribution in [3.63, 3.8) is 0 Å². The molecule has 0 atom stereocenters. The zero-order valence-electron chi connectivity index (χ0n) is 15.2. The maximum absolute atomic E-state index is 12.5. The number of aromatic nitrogens is 1. The van der Waals surface area contributed by atoms with Gasteiger partial charge in [0, 0.05) is 5.56 Å². The molecule has 9 heteroatoms. The quantitative estimate of drug-likeness (QED) is 0.600. The van der Waals surface area contributed by atoms with Crippen molar-refractivity contribution in [3.8, 4) is 17.0 Å². The number of carbonyl (C=O) groups excluding carboxylic acids is 2. The molecule has 0 aliphatic rings. The first-order valence-electron chi connectivity index (χ1n) is 8.48. The van der Waals surface area contributed by atoms with Gasteiger partial charge in [0.1, 0.15) is 22.8 Å². The van der Waals surface area contributed by atoms with Gasteiger partial charge in [0.05, 0.1) is 5.69 Å². The molecular formula is C20H16F2N2O5. The SMILES string of the molecule is Cc1onc(-c2ccccc2)c1C(=O)OCC(=O)Nc1ccccc1OC(F)F. The number of benzene rings is 2. The number of esters is 1. The molecule has 1 amide bonds. The van der Waals surface area contributed by atoms with Crippen LogP contribution in [-0.2, 0) is 9.53 Å². The molecule has 3 rings (SSSR count). The van der Waals surface area contributed by atoms with Gasteiger partial charge >= 0.3 is 12.6 Å². The van der Waals surface area contributed by atoms with Gasteiger partial charge in [-0.3, -0.25) is 4.79 Å². The standard InChI is InChI=1S/C20H16F2N2O5/c1-12-17(18(24-29-12)13-7-3-2-4-8-13)19(26)27-11-16(25)23-14-9-5-6-10-15(14)28-20(21)22/h2-10,20H,11H2,1H3,(H,23,25). The van der Waals surface area contributed by atoms with Gasteiger partial charge in [0.25, 0.3) is 5.91 Å². The van der Waals surface area contributed by atoms with Gasteiger partial charge in [0.15, 0.2) is 6.61 Å². The van der Waals surface area contributed by atoms with E-state index in [4.69, 9.17) is 9.26 Å². The Morgan fingerprint density at radius 2 is 1.79 bits per heavy atom. The van der Waals surface area contributed by atoms with Gasteiger partial charge in [-0.05, 0) is 19.1 Å². The second-order valence-electron chi connectivity index (χ2n) is 5.83. The fourth-order valence-corrected chi connectivity index (χ4v) is 2.56. The van der Waals surface area contributed by atoms with Crippen molar-refractivity contribution in [1.29, 1.82) is 0 Å². The van der Waals surface area contributed by atoms with Crippen LogP contribution in [0.5, 0.6) is 5.75 Å². The minimum atomic E-state index is -3.04. The molecule has 0 unspecified atom stereocenters. The number of rotatable bonds is 7. The van der Waals surface area contributed by atoms with Crippen molar-refractivity contribution in [2.75, 3.05) is 11.9 Å². The van der Waals surface area contributed by atoms with E-state index >= 15 is 0 Å². The van der Waals surface area contributed by atoms with Crippen LogP contribution in [0.2, 0.25) is 0 Å². The Bertz CT molecular complexity index is 1010. The van der Waals surface area contributed by atoms with Crippen LogP contribution in [0.4, 0.5) is 14.5 Å². The summed E-state index contributed by atoms with van der Waals surface area (Å²) >= 11 is 0.